The van der Waals surface area contributed by atoms with Crippen molar-refractivity contribution in [2.75, 3.05) is 4.90 Å². The molecule has 0 radical (unpaired) electrons. The van der Waals surface area contributed by atoms with Crippen LogP contribution in [0.3, 0.4) is 0 Å². The van der Waals surface area contributed by atoms with Gasteiger partial charge in [-0.2, -0.15) is 0 Å². The van der Waals surface area contributed by atoms with Gasteiger partial charge in [-0.05, 0) is 48.6 Å². The Morgan fingerprint density at radius 1 is 1.05 bits per heavy atom. The van der Waals surface area contributed by atoms with E-state index < -0.39 is 35.3 Å². The number of rotatable bonds is 6. The molecule has 2 N–H and O–H groups in total. The first-order valence-electron chi connectivity index (χ1n) is 13.4. The molecule has 2 aromatic carbocycles. The van der Waals surface area contributed by atoms with Crippen LogP contribution in [-0.2, 0) is 20.8 Å². The summed E-state index contributed by atoms with van der Waals surface area (Å²) in [5.74, 6) is -3.08. The van der Waals surface area contributed by atoms with E-state index in [1.807, 2.05) is 49.4 Å². The highest BCUT2D eigenvalue weighted by atomic mass is 16.4. The Balaban J connectivity index is 1.46. The zero-order valence-electron chi connectivity index (χ0n) is 21.0. The van der Waals surface area contributed by atoms with Crippen molar-refractivity contribution in [3.8, 4) is 0 Å². The Labute approximate surface area is 215 Å². The Hall–Kier alpha value is -3.45. The normalized spacial score (nSPS) is 28.2. The van der Waals surface area contributed by atoms with E-state index in [1.54, 1.807) is 12.1 Å². The van der Waals surface area contributed by atoms with Crippen LogP contribution in [0.15, 0.2) is 59.0 Å². The predicted molar refractivity (Wildman–Crippen MR) is 139 cm³/mol. The van der Waals surface area contributed by atoms with Crippen molar-refractivity contribution in [3.63, 3.8) is 0 Å². The van der Waals surface area contributed by atoms with E-state index in [2.05, 4.69) is 5.32 Å². The van der Waals surface area contributed by atoms with E-state index in [4.69, 9.17) is 4.42 Å². The quantitative estimate of drug-likeness (QED) is 0.449. The third-order valence-corrected chi connectivity index (χ3v) is 8.73. The minimum atomic E-state index is -1.54. The van der Waals surface area contributed by atoms with Crippen LogP contribution < -0.4 is 10.2 Å². The first-order valence-corrected chi connectivity index (χ1v) is 13.4. The number of fused-ring (bicyclic) bond motifs is 2. The van der Waals surface area contributed by atoms with Gasteiger partial charge in [0.15, 0.2) is 0 Å². The summed E-state index contributed by atoms with van der Waals surface area (Å²) in [4.78, 5) is 42.3. The Bertz CT molecular complexity index is 1320. The zero-order valence-corrected chi connectivity index (χ0v) is 21.0. The number of anilines is 1. The van der Waals surface area contributed by atoms with Crippen LogP contribution in [0.4, 0.5) is 5.69 Å². The van der Waals surface area contributed by atoms with Gasteiger partial charge in [-0.25, -0.2) is 4.90 Å². The lowest BCUT2D eigenvalue weighted by Gasteiger charge is -2.35. The lowest BCUT2D eigenvalue weighted by Crippen LogP contribution is -2.56. The average molecular weight is 501 g/mol. The molecule has 6 rings (SSSR count). The molecular weight excluding hydrogens is 468 g/mol. The molecule has 4 unspecified atom stereocenters. The van der Waals surface area contributed by atoms with Crippen LogP contribution in [0.1, 0.15) is 62.8 Å². The van der Waals surface area contributed by atoms with Crippen LogP contribution in [0, 0.1) is 17.8 Å². The maximum absolute atomic E-state index is 14.0. The second-order valence-electron chi connectivity index (χ2n) is 10.8. The molecule has 3 aromatic rings. The average Bonchev–Trinajstić information content (AvgIpc) is 3.57. The molecule has 3 aliphatic rings. The fourth-order valence-electron chi connectivity index (χ4n) is 6.86. The van der Waals surface area contributed by atoms with Gasteiger partial charge >= 0.3 is 5.97 Å². The first kappa shape index (κ1) is 23.9. The zero-order chi connectivity index (χ0) is 25.7. The van der Waals surface area contributed by atoms with Gasteiger partial charge in [0.1, 0.15) is 16.9 Å². The van der Waals surface area contributed by atoms with E-state index in [-0.39, 0.29) is 11.8 Å². The highest BCUT2D eigenvalue weighted by Gasteiger charge is 2.69. The topological polar surface area (TPSA) is 99.8 Å². The second kappa shape index (κ2) is 9.14. The second-order valence-corrected chi connectivity index (χ2v) is 10.8. The van der Waals surface area contributed by atoms with Crippen LogP contribution in [0.2, 0.25) is 0 Å². The lowest BCUT2D eigenvalue weighted by molar-refractivity contribution is -0.150. The van der Waals surface area contributed by atoms with Crippen molar-refractivity contribution in [1.29, 1.82) is 0 Å². The predicted octanol–water partition coefficient (Wildman–Crippen LogP) is 5.24. The number of aliphatic carboxylic acids is 1. The van der Waals surface area contributed by atoms with Crippen molar-refractivity contribution in [2.45, 2.75) is 63.5 Å². The number of carbonyl (C=O) groups is 3. The Morgan fingerprint density at radius 3 is 2.46 bits per heavy atom. The molecular formula is C30H32N2O5. The summed E-state index contributed by atoms with van der Waals surface area (Å²) in [6.45, 7) is 2.04. The molecule has 37 heavy (non-hydrogen) atoms. The molecule has 1 aliphatic carbocycles. The van der Waals surface area contributed by atoms with Crippen LogP contribution in [0.5, 0.6) is 0 Å². The Morgan fingerprint density at radius 2 is 1.78 bits per heavy atom. The number of imide groups is 1. The fourth-order valence-corrected chi connectivity index (χ4v) is 6.86. The number of carboxylic acids is 1. The summed E-state index contributed by atoms with van der Waals surface area (Å²) in [6.07, 6.45) is 6.31. The van der Waals surface area contributed by atoms with Gasteiger partial charge < -0.3 is 9.52 Å². The minimum Gasteiger partial charge on any atom is -0.480 e. The standard InChI is InChI=1S/C30H32N2O5/c1-2-18-12-14-21(15-13-18)32-27(33)24-25(28(32)34)30(29(35)36,17-19-8-4-3-5-9-19)31-26(24)23-16-20-10-6-7-11-22(20)37-23/h6-7,10-16,19,24-26,31H,2-5,8-9,17H2,1H3,(H,35,36). The fraction of sp³-hybridized carbons (Fsp3) is 0.433. The SMILES string of the molecule is CCc1ccc(N2C(=O)C3C(c4cc5ccccc5o4)NC(CC4CCCCC4)(C(=O)O)C3C2=O)cc1. The summed E-state index contributed by atoms with van der Waals surface area (Å²) < 4.78 is 6.14. The molecule has 1 saturated carbocycles. The highest BCUT2D eigenvalue weighted by molar-refractivity contribution is 6.24. The molecule has 3 fully saturated rings. The van der Waals surface area contributed by atoms with Crippen LogP contribution in [-0.4, -0.2) is 28.4 Å². The van der Waals surface area contributed by atoms with E-state index in [0.717, 1.165) is 49.5 Å². The van der Waals surface area contributed by atoms with E-state index >= 15 is 0 Å². The van der Waals surface area contributed by atoms with E-state index in [0.29, 0.717) is 23.5 Å². The monoisotopic (exact) mass is 500 g/mol. The molecule has 0 bridgehead atoms. The molecule has 7 nitrogen and oxygen atoms in total. The number of furan rings is 1. The number of hydrogen-bond donors (Lipinski definition) is 2. The third-order valence-electron chi connectivity index (χ3n) is 8.73. The van der Waals surface area contributed by atoms with Gasteiger partial charge in [-0.1, -0.05) is 69.4 Å². The van der Waals surface area contributed by atoms with E-state index in [1.165, 1.54) is 4.90 Å². The number of nitrogens with one attached hydrogen (secondary N) is 1. The van der Waals surface area contributed by atoms with Gasteiger partial charge in [0.25, 0.3) is 0 Å². The third kappa shape index (κ3) is 3.79. The first-order chi connectivity index (χ1) is 17.9. The maximum atomic E-state index is 14.0. The van der Waals surface area contributed by atoms with Crippen LogP contribution in [0.25, 0.3) is 11.0 Å². The molecule has 192 valence electrons. The molecule has 3 heterocycles. The van der Waals surface area contributed by atoms with Crippen molar-refractivity contribution in [1.82, 2.24) is 5.32 Å². The summed E-state index contributed by atoms with van der Waals surface area (Å²) in [6, 6.07) is 16.1. The number of nitrogens with zero attached hydrogens (tertiary/aromatic N) is 1. The highest BCUT2D eigenvalue weighted by Crippen LogP contribution is 2.53. The number of hydrogen-bond acceptors (Lipinski definition) is 5. The smallest absolute Gasteiger partial charge is 0.324 e. The summed E-state index contributed by atoms with van der Waals surface area (Å²) in [5, 5.41) is 14.9. The minimum absolute atomic E-state index is 0.188. The molecule has 2 amide bonds. The van der Waals surface area contributed by atoms with Gasteiger partial charge in [0.2, 0.25) is 11.8 Å². The maximum Gasteiger partial charge on any atom is 0.324 e. The van der Waals surface area contributed by atoms with Crippen molar-refractivity contribution >= 4 is 34.4 Å². The van der Waals surface area contributed by atoms with Gasteiger partial charge in [0.05, 0.1) is 23.6 Å². The molecule has 4 atom stereocenters. The number of benzene rings is 2. The number of carbonyl (C=O) groups excluding carboxylic acids is 2. The van der Waals surface area contributed by atoms with Crippen molar-refractivity contribution in [2.24, 2.45) is 17.8 Å². The molecule has 7 heteroatoms. The van der Waals surface area contributed by atoms with Crippen molar-refractivity contribution < 1.29 is 23.9 Å². The molecule has 0 spiro atoms. The summed E-state index contributed by atoms with van der Waals surface area (Å²) in [7, 11) is 0. The van der Waals surface area contributed by atoms with Gasteiger partial charge in [-0.3, -0.25) is 19.7 Å². The molecule has 2 saturated heterocycles. The lowest BCUT2D eigenvalue weighted by atomic mass is 9.72. The summed E-state index contributed by atoms with van der Waals surface area (Å²) in [5.41, 5.74) is 0.713. The number of carboxylic acid groups (broad SMARTS) is 1. The molecule has 2 aliphatic heterocycles. The Kier molecular flexibility index (Phi) is 5.91. The largest absolute Gasteiger partial charge is 0.480 e. The number of para-hydroxylation sites is 1. The van der Waals surface area contributed by atoms with Crippen molar-refractivity contribution in [3.05, 3.63) is 65.9 Å². The van der Waals surface area contributed by atoms with E-state index in [9.17, 15) is 19.5 Å². The summed E-state index contributed by atoms with van der Waals surface area (Å²) >= 11 is 0. The number of aryl methyl sites for hydroxylation is 1. The van der Waals surface area contributed by atoms with Crippen LogP contribution >= 0.6 is 0 Å². The van der Waals surface area contributed by atoms with Gasteiger partial charge in [-0.15, -0.1) is 0 Å². The number of amides is 2. The van der Waals surface area contributed by atoms with Gasteiger partial charge in [0, 0.05) is 5.39 Å². The molecule has 1 aromatic heterocycles.